The minimum Gasteiger partial charge on any atom is -0.481 e. The summed E-state index contributed by atoms with van der Waals surface area (Å²) < 4.78 is 42.0. The fourth-order valence-electron chi connectivity index (χ4n) is 3.07. The van der Waals surface area contributed by atoms with E-state index in [1.54, 1.807) is 0 Å². The lowest BCUT2D eigenvalue weighted by atomic mass is 9.92. The van der Waals surface area contributed by atoms with E-state index in [9.17, 15) is 18.0 Å². The van der Waals surface area contributed by atoms with Crippen LogP contribution in [-0.2, 0) is 4.79 Å². The van der Waals surface area contributed by atoms with Gasteiger partial charge in [-0.3, -0.25) is 4.79 Å². The third-order valence-electron chi connectivity index (χ3n) is 4.48. The molecule has 0 unspecified atom stereocenters. The predicted molar refractivity (Wildman–Crippen MR) is 89.8 cm³/mol. The van der Waals surface area contributed by atoms with Crippen LogP contribution in [0.3, 0.4) is 0 Å². The standard InChI is InChI=1S/C17H19F3N4O3/c18-17(19,20)27-14-4-2-13(3-5-14)24-11-21-16(22-24)23-9-7-12(8-10-23)1-6-15(25)26/h2-5,11-12H,1,6-10H2,(H,25,26). The number of aliphatic carboxylic acids is 1. The molecule has 10 heteroatoms. The lowest BCUT2D eigenvalue weighted by Gasteiger charge is -2.30. The van der Waals surface area contributed by atoms with E-state index in [1.165, 1.54) is 35.3 Å². The quantitative estimate of drug-likeness (QED) is 0.824. The molecule has 1 fully saturated rings. The zero-order valence-electron chi connectivity index (χ0n) is 14.4. The molecule has 2 aromatic rings. The van der Waals surface area contributed by atoms with Crippen molar-refractivity contribution in [3.63, 3.8) is 0 Å². The number of alkyl halides is 3. The van der Waals surface area contributed by atoms with Gasteiger partial charge in [0.1, 0.15) is 12.1 Å². The van der Waals surface area contributed by atoms with Crippen LogP contribution in [0.1, 0.15) is 25.7 Å². The molecule has 0 spiro atoms. The Kier molecular flexibility index (Phi) is 5.52. The molecule has 0 saturated carbocycles. The summed E-state index contributed by atoms with van der Waals surface area (Å²) in [6.07, 6.45) is -0.594. The van der Waals surface area contributed by atoms with Gasteiger partial charge in [-0.05, 0) is 49.4 Å². The summed E-state index contributed by atoms with van der Waals surface area (Å²) in [6, 6.07) is 5.38. The number of halogens is 3. The molecule has 1 N–H and O–H groups in total. The first-order valence-corrected chi connectivity index (χ1v) is 8.55. The van der Waals surface area contributed by atoms with Crippen LogP contribution in [0.25, 0.3) is 5.69 Å². The number of aromatic nitrogens is 3. The molecule has 1 saturated heterocycles. The summed E-state index contributed by atoms with van der Waals surface area (Å²) in [4.78, 5) is 17.0. The number of carboxylic acids is 1. The molecule has 3 rings (SSSR count). The van der Waals surface area contributed by atoms with E-state index in [1.807, 2.05) is 4.90 Å². The van der Waals surface area contributed by atoms with E-state index < -0.39 is 12.3 Å². The van der Waals surface area contributed by atoms with Crippen molar-refractivity contribution < 1.29 is 27.8 Å². The van der Waals surface area contributed by atoms with Gasteiger partial charge in [0.25, 0.3) is 0 Å². The number of hydrogen-bond acceptors (Lipinski definition) is 5. The fourth-order valence-corrected chi connectivity index (χ4v) is 3.07. The first-order valence-electron chi connectivity index (χ1n) is 8.55. The minimum absolute atomic E-state index is 0.186. The SMILES string of the molecule is O=C(O)CCC1CCN(c2ncn(-c3ccc(OC(F)(F)F)cc3)n2)CC1. The summed E-state index contributed by atoms with van der Waals surface area (Å²) in [5.74, 6) is -0.137. The first kappa shape index (κ1) is 19.0. The lowest BCUT2D eigenvalue weighted by Crippen LogP contribution is -2.34. The Morgan fingerprint density at radius 3 is 2.48 bits per heavy atom. The highest BCUT2D eigenvalue weighted by Gasteiger charge is 2.31. The largest absolute Gasteiger partial charge is 0.573 e. The Bertz CT molecular complexity index is 768. The van der Waals surface area contributed by atoms with E-state index in [2.05, 4.69) is 14.8 Å². The average Bonchev–Trinajstić information content (AvgIpc) is 3.10. The molecule has 0 bridgehead atoms. The van der Waals surface area contributed by atoms with Crippen molar-refractivity contribution in [1.82, 2.24) is 14.8 Å². The summed E-state index contributed by atoms with van der Waals surface area (Å²) in [7, 11) is 0. The number of carbonyl (C=O) groups is 1. The van der Waals surface area contributed by atoms with E-state index in [4.69, 9.17) is 5.11 Å². The average molecular weight is 384 g/mol. The van der Waals surface area contributed by atoms with Crippen LogP contribution in [0.15, 0.2) is 30.6 Å². The molecule has 1 aromatic heterocycles. The second kappa shape index (κ2) is 7.85. The smallest absolute Gasteiger partial charge is 0.481 e. The Morgan fingerprint density at radius 2 is 1.89 bits per heavy atom. The number of rotatable bonds is 6. The maximum absolute atomic E-state index is 12.2. The van der Waals surface area contributed by atoms with E-state index in [0.717, 1.165) is 25.9 Å². The third-order valence-corrected chi connectivity index (χ3v) is 4.48. The Labute approximate surface area is 153 Å². The van der Waals surface area contributed by atoms with Crippen LogP contribution in [0.5, 0.6) is 5.75 Å². The van der Waals surface area contributed by atoms with Crippen molar-refractivity contribution in [2.24, 2.45) is 5.92 Å². The van der Waals surface area contributed by atoms with Crippen molar-refractivity contribution in [2.45, 2.75) is 32.0 Å². The van der Waals surface area contributed by atoms with Crippen molar-refractivity contribution in [2.75, 3.05) is 18.0 Å². The minimum atomic E-state index is -4.72. The number of ether oxygens (including phenoxy) is 1. The van der Waals surface area contributed by atoms with Crippen LogP contribution in [0.4, 0.5) is 19.1 Å². The molecule has 1 aliphatic rings. The second-order valence-electron chi connectivity index (χ2n) is 6.39. The second-order valence-corrected chi connectivity index (χ2v) is 6.39. The highest BCUT2D eigenvalue weighted by atomic mass is 19.4. The molecular weight excluding hydrogens is 365 g/mol. The summed E-state index contributed by atoms with van der Waals surface area (Å²) in [6.45, 7) is 1.49. The molecule has 7 nitrogen and oxygen atoms in total. The number of piperidine rings is 1. The zero-order valence-corrected chi connectivity index (χ0v) is 14.4. The van der Waals surface area contributed by atoms with Gasteiger partial charge in [0.05, 0.1) is 5.69 Å². The monoisotopic (exact) mass is 384 g/mol. The molecule has 1 aliphatic heterocycles. The molecular formula is C17H19F3N4O3. The van der Waals surface area contributed by atoms with Crippen LogP contribution in [-0.4, -0.2) is 45.3 Å². The summed E-state index contributed by atoms with van der Waals surface area (Å²) in [5, 5.41) is 13.1. The van der Waals surface area contributed by atoms with E-state index in [-0.39, 0.29) is 12.2 Å². The summed E-state index contributed by atoms with van der Waals surface area (Å²) in [5.41, 5.74) is 0.569. The van der Waals surface area contributed by atoms with Crippen molar-refractivity contribution >= 4 is 11.9 Å². The van der Waals surface area contributed by atoms with E-state index >= 15 is 0 Å². The lowest BCUT2D eigenvalue weighted by molar-refractivity contribution is -0.274. The van der Waals surface area contributed by atoms with Gasteiger partial charge in [-0.1, -0.05) is 0 Å². The Balaban J connectivity index is 1.58. The topological polar surface area (TPSA) is 80.5 Å². The molecule has 0 amide bonds. The predicted octanol–water partition coefficient (Wildman–Crippen LogP) is 3.25. The molecule has 0 radical (unpaired) electrons. The molecule has 0 atom stereocenters. The van der Waals surface area contributed by atoms with Gasteiger partial charge in [-0.25, -0.2) is 4.68 Å². The van der Waals surface area contributed by atoms with Gasteiger partial charge in [-0.15, -0.1) is 18.3 Å². The summed E-state index contributed by atoms with van der Waals surface area (Å²) >= 11 is 0. The Morgan fingerprint density at radius 1 is 1.22 bits per heavy atom. The fraction of sp³-hybridized carbons (Fsp3) is 0.471. The van der Waals surface area contributed by atoms with Crippen LogP contribution < -0.4 is 9.64 Å². The number of hydrogen-bond donors (Lipinski definition) is 1. The molecule has 2 heterocycles. The van der Waals surface area contributed by atoms with Crippen molar-refractivity contribution in [3.8, 4) is 11.4 Å². The maximum Gasteiger partial charge on any atom is 0.573 e. The van der Waals surface area contributed by atoms with Crippen molar-refractivity contribution in [3.05, 3.63) is 30.6 Å². The van der Waals surface area contributed by atoms with E-state index in [0.29, 0.717) is 24.0 Å². The van der Waals surface area contributed by atoms with Crippen molar-refractivity contribution in [1.29, 1.82) is 0 Å². The molecule has 146 valence electrons. The van der Waals surface area contributed by atoms with Crippen LogP contribution in [0.2, 0.25) is 0 Å². The van der Waals surface area contributed by atoms with Gasteiger partial charge < -0.3 is 14.7 Å². The normalized spacial score (nSPS) is 15.7. The molecule has 1 aromatic carbocycles. The third kappa shape index (κ3) is 5.35. The molecule has 0 aliphatic carbocycles. The molecule has 27 heavy (non-hydrogen) atoms. The van der Waals surface area contributed by atoms with Gasteiger partial charge in [0.15, 0.2) is 0 Å². The van der Waals surface area contributed by atoms with Gasteiger partial charge >= 0.3 is 12.3 Å². The van der Waals surface area contributed by atoms with Crippen LogP contribution >= 0.6 is 0 Å². The number of anilines is 1. The van der Waals surface area contributed by atoms with Gasteiger partial charge in [0.2, 0.25) is 5.95 Å². The van der Waals surface area contributed by atoms with Gasteiger partial charge in [-0.2, -0.15) is 4.98 Å². The highest BCUT2D eigenvalue weighted by Crippen LogP contribution is 2.26. The van der Waals surface area contributed by atoms with Gasteiger partial charge in [0, 0.05) is 19.5 Å². The highest BCUT2D eigenvalue weighted by molar-refractivity contribution is 5.66. The van der Waals surface area contributed by atoms with Crippen LogP contribution in [0, 0.1) is 5.92 Å². The number of nitrogens with zero attached hydrogens (tertiary/aromatic N) is 4. The number of benzene rings is 1. The number of carboxylic acid groups (broad SMARTS) is 1. The Hall–Kier alpha value is -2.78. The zero-order chi connectivity index (χ0) is 19.4. The maximum atomic E-state index is 12.2. The first-order chi connectivity index (χ1) is 12.8.